The Morgan fingerprint density at radius 1 is 0.548 bits per heavy atom. The minimum absolute atomic E-state index is 0.828. The Hall–Kier alpha value is -3.98. The minimum Gasteiger partial charge on any atom is -0.497 e. The summed E-state index contributed by atoms with van der Waals surface area (Å²) in [6, 6.07) is 37.1. The van der Waals surface area contributed by atoms with Crippen LogP contribution in [0.1, 0.15) is 11.1 Å². The Morgan fingerprint density at radius 2 is 0.935 bits per heavy atom. The second-order valence-electron chi connectivity index (χ2n) is 7.04. The Bertz CT molecular complexity index is 1030. The molecule has 4 aromatic rings. The molecule has 3 nitrogen and oxygen atoms in total. The van der Waals surface area contributed by atoms with E-state index in [1.807, 2.05) is 36.4 Å². The van der Waals surface area contributed by atoms with E-state index in [2.05, 4.69) is 83.9 Å². The topological polar surface area (TPSA) is 21.7 Å². The smallest absolute Gasteiger partial charge is 0.119 e. The molecule has 31 heavy (non-hydrogen) atoms. The van der Waals surface area contributed by atoms with Crippen molar-refractivity contribution in [2.24, 2.45) is 0 Å². The van der Waals surface area contributed by atoms with Crippen LogP contribution in [0.15, 0.2) is 115 Å². The second-order valence-corrected chi connectivity index (χ2v) is 7.04. The molecule has 3 heteroatoms. The van der Waals surface area contributed by atoms with Crippen LogP contribution in [0.3, 0.4) is 0 Å². The third-order valence-corrected chi connectivity index (χ3v) is 5.13. The molecule has 0 saturated heterocycles. The maximum absolute atomic E-state index is 5.35. The van der Waals surface area contributed by atoms with Crippen LogP contribution in [-0.2, 0) is 0 Å². The van der Waals surface area contributed by atoms with E-state index in [0.717, 1.165) is 39.6 Å². The lowest BCUT2D eigenvalue weighted by atomic mass is 9.98. The van der Waals surface area contributed by atoms with Gasteiger partial charge in [0.25, 0.3) is 0 Å². The molecular formula is C28H25NO2. The van der Waals surface area contributed by atoms with Crippen molar-refractivity contribution >= 4 is 16.9 Å². The number of anilines is 2. The molecule has 0 spiro atoms. The van der Waals surface area contributed by atoms with Crippen LogP contribution in [0.25, 0.3) is 5.57 Å². The van der Waals surface area contributed by atoms with Gasteiger partial charge in [0.15, 0.2) is 0 Å². The van der Waals surface area contributed by atoms with Crippen molar-refractivity contribution in [1.82, 2.24) is 0 Å². The van der Waals surface area contributed by atoms with Gasteiger partial charge in [-0.1, -0.05) is 60.7 Å². The number of rotatable bonds is 7. The van der Waals surface area contributed by atoms with Gasteiger partial charge >= 0.3 is 0 Å². The fourth-order valence-electron chi connectivity index (χ4n) is 3.46. The third kappa shape index (κ3) is 4.78. The molecule has 0 aliphatic carbocycles. The maximum Gasteiger partial charge on any atom is 0.119 e. The Kier molecular flexibility index (Phi) is 6.34. The second kappa shape index (κ2) is 9.68. The summed E-state index contributed by atoms with van der Waals surface area (Å²) < 4.78 is 10.7. The summed E-state index contributed by atoms with van der Waals surface area (Å²) in [6.07, 6.45) is 2.19. The van der Waals surface area contributed by atoms with Crippen molar-refractivity contribution in [2.45, 2.75) is 0 Å². The van der Waals surface area contributed by atoms with Crippen LogP contribution >= 0.6 is 0 Å². The lowest BCUT2D eigenvalue weighted by Crippen LogP contribution is -2.10. The van der Waals surface area contributed by atoms with Gasteiger partial charge in [0.1, 0.15) is 11.5 Å². The van der Waals surface area contributed by atoms with Crippen LogP contribution < -0.4 is 14.4 Å². The normalized spacial score (nSPS) is 10.3. The highest BCUT2D eigenvalue weighted by atomic mass is 16.5. The van der Waals surface area contributed by atoms with Gasteiger partial charge in [0, 0.05) is 23.1 Å². The zero-order valence-electron chi connectivity index (χ0n) is 17.7. The molecule has 0 N–H and O–H groups in total. The van der Waals surface area contributed by atoms with Gasteiger partial charge in [-0.25, -0.2) is 0 Å². The number of ether oxygens (including phenoxy) is 2. The summed E-state index contributed by atoms with van der Waals surface area (Å²) in [5.41, 5.74) is 5.51. The number of hydrogen-bond donors (Lipinski definition) is 0. The summed E-state index contributed by atoms with van der Waals surface area (Å²) in [7, 11) is 3.36. The zero-order chi connectivity index (χ0) is 21.5. The molecule has 0 aliphatic heterocycles. The number of hydrogen-bond acceptors (Lipinski definition) is 3. The van der Waals surface area contributed by atoms with Crippen molar-refractivity contribution in [3.05, 3.63) is 127 Å². The molecular weight excluding hydrogens is 382 g/mol. The van der Waals surface area contributed by atoms with Crippen molar-refractivity contribution in [1.29, 1.82) is 0 Å². The molecule has 0 radical (unpaired) electrons. The fourth-order valence-corrected chi connectivity index (χ4v) is 3.46. The van der Waals surface area contributed by atoms with E-state index in [-0.39, 0.29) is 0 Å². The largest absolute Gasteiger partial charge is 0.497 e. The maximum atomic E-state index is 5.35. The Morgan fingerprint density at radius 3 is 1.29 bits per heavy atom. The third-order valence-electron chi connectivity index (χ3n) is 5.13. The molecule has 154 valence electrons. The van der Waals surface area contributed by atoms with Crippen molar-refractivity contribution in [3.8, 4) is 11.5 Å². The monoisotopic (exact) mass is 407 g/mol. The summed E-state index contributed by atoms with van der Waals surface area (Å²) in [6.45, 7) is 0. The summed E-state index contributed by atoms with van der Waals surface area (Å²) in [5.74, 6) is 1.66. The Labute approximate surface area is 183 Å². The molecule has 0 heterocycles. The summed E-state index contributed by atoms with van der Waals surface area (Å²) in [4.78, 5) is 2.19. The average Bonchev–Trinajstić information content (AvgIpc) is 2.86. The van der Waals surface area contributed by atoms with Crippen molar-refractivity contribution in [2.75, 3.05) is 19.1 Å². The number of benzene rings is 4. The minimum atomic E-state index is 0.828. The summed E-state index contributed by atoms with van der Waals surface area (Å²) in [5, 5.41) is 0. The highest BCUT2D eigenvalue weighted by Crippen LogP contribution is 2.33. The van der Waals surface area contributed by atoms with E-state index in [9.17, 15) is 0 Å². The van der Waals surface area contributed by atoms with Gasteiger partial charge in [-0.05, 0) is 59.7 Å². The molecule has 4 rings (SSSR count). The predicted octanol–water partition coefficient (Wildman–Crippen LogP) is 6.93. The van der Waals surface area contributed by atoms with E-state index >= 15 is 0 Å². The van der Waals surface area contributed by atoms with Crippen LogP contribution in [0.2, 0.25) is 0 Å². The van der Waals surface area contributed by atoms with Crippen LogP contribution in [0.5, 0.6) is 11.5 Å². The van der Waals surface area contributed by atoms with Crippen LogP contribution in [0, 0.1) is 0 Å². The highest BCUT2D eigenvalue weighted by molar-refractivity contribution is 5.84. The average molecular weight is 408 g/mol. The molecule has 0 atom stereocenters. The van der Waals surface area contributed by atoms with E-state index in [0.29, 0.717) is 0 Å². The molecule has 0 unspecified atom stereocenters. The molecule has 0 aromatic heterocycles. The molecule has 0 aliphatic rings. The first-order valence-electron chi connectivity index (χ1n) is 10.2. The number of methoxy groups -OCH3 is 2. The van der Waals surface area contributed by atoms with Gasteiger partial charge in [-0.2, -0.15) is 0 Å². The lowest BCUT2D eigenvalue weighted by molar-refractivity contribution is 0.415. The van der Waals surface area contributed by atoms with Crippen LogP contribution in [-0.4, -0.2) is 14.2 Å². The van der Waals surface area contributed by atoms with Crippen LogP contribution in [0.4, 0.5) is 11.4 Å². The Balaban J connectivity index is 1.87. The molecule has 4 aromatic carbocycles. The van der Waals surface area contributed by atoms with E-state index in [4.69, 9.17) is 9.47 Å². The molecule has 0 amide bonds. The molecule has 0 fully saturated rings. The lowest BCUT2D eigenvalue weighted by Gasteiger charge is -2.24. The molecule has 0 bridgehead atoms. The van der Waals surface area contributed by atoms with E-state index < -0.39 is 0 Å². The molecule has 0 saturated carbocycles. The van der Waals surface area contributed by atoms with Crippen molar-refractivity contribution < 1.29 is 9.47 Å². The highest BCUT2D eigenvalue weighted by Gasteiger charge is 2.12. The van der Waals surface area contributed by atoms with E-state index in [1.165, 1.54) is 0 Å². The predicted molar refractivity (Wildman–Crippen MR) is 128 cm³/mol. The zero-order valence-corrected chi connectivity index (χ0v) is 17.7. The van der Waals surface area contributed by atoms with Gasteiger partial charge in [-0.3, -0.25) is 0 Å². The SMILES string of the molecule is COc1ccc(N(C=C(c2ccccc2)c2ccccc2)c2ccc(OC)cc2)cc1. The van der Waals surface area contributed by atoms with E-state index in [1.54, 1.807) is 14.2 Å². The number of nitrogens with zero attached hydrogens (tertiary/aromatic N) is 1. The first-order valence-corrected chi connectivity index (χ1v) is 10.2. The van der Waals surface area contributed by atoms with Gasteiger partial charge in [0.05, 0.1) is 14.2 Å². The first kappa shape index (κ1) is 20.3. The van der Waals surface area contributed by atoms with Crippen molar-refractivity contribution in [3.63, 3.8) is 0 Å². The first-order chi connectivity index (χ1) is 15.3. The summed E-state index contributed by atoms with van der Waals surface area (Å²) >= 11 is 0. The van der Waals surface area contributed by atoms with Gasteiger partial charge < -0.3 is 14.4 Å². The standard InChI is InChI=1S/C28H25NO2/c1-30-26-17-13-24(14-18-26)29(25-15-19-27(31-2)20-16-25)21-28(22-9-5-3-6-10-22)23-11-7-4-8-12-23/h3-21H,1-2H3. The quantitative estimate of drug-likeness (QED) is 0.331. The van der Waals surface area contributed by atoms with Gasteiger partial charge in [0.2, 0.25) is 0 Å². The van der Waals surface area contributed by atoms with Gasteiger partial charge in [-0.15, -0.1) is 0 Å². The fraction of sp³-hybridized carbons (Fsp3) is 0.0714.